The molecular formula is C15H17N3O3. The molecule has 0 aliphatic carbocycles. The topological polar surface area (TPSA) is 75.9 Å². The fourth-order valence-electron chi connectivity index (χ4n) is 2.46. The van der Waals surface area contributed by atoms with Crippen molar-refractivity contribution in [3.8, 4) is 0 Å². The van der Waals surface area contributed by atoms with Gasteiger partial charge in [-0.25, -0.2) is 4.79 Å². The largest absolute Gasteiger partial charge is 0.443 e. The normalized spacial score (nSPS) is 21.9. The second-order valence-corrected chi connectivity index (χ2v) is 5.09. The monoisotopic (exact) mass is 287 g/mol. The summed E-state index contributed by atoms with van der Waals surface area (Å²) in [6.45, 7) is 1.48. The lowest BCUT2D eigenvalue weighted by Crippen LogP contribution is -2.27. The number of hydrogen-bond acceptors (Lipinski definition) is 5. The minimum Gasteiger partial charge on any atom is -0.443 e. The van der Waals surface area contributed by atoms with Crippen molar-refractivity contribution in [1.82, 2.24) is 0 Å². The highest BCUT2D eigenvalue weighted by Gasteiger charge is 2.31. The number of carbonyl (C=O) groups is 2. The molecule has 21 heavy (non-hydrogen) atoms. The first-order chi connectivity index (χ1) is 10.2. The van der Waals surface area contributed by atoms with Gasteiger partial charge in [-0.1, -0.05) is 0 Å². The zero-order valence-corrected chi connectivity index (χ0v) is 11.6. The van der Waals surface area contributed by atoms with E-state index in [1.807, 2.05) is 29.2 Å². The second-order valence-electron chi connectivity index (χ2n) is 5.09. The van der Waals surface area contributed by atoms with E-state index in [2.05, 4.69) is 0 Å². The molecule has 0 radical (unpaired) electrons. The van der Waals surface area contributed by atoms with Crippen molar-refractivity contribution >= 4 is 23.3 Å². The number of ketones is 1. The van der Waals surface area contributed by atoms with Crippen molar-refractivity contribution in [1.29, 1.82) is 0 Å². The van der Waals surface area contributed by atoms with E-state index < -0.39 is 0 Å². The first kappa shape index (κ1) is 13.6. The summed E-state index contributed by atoms with van der Waals surface area (Å²) < 4.78 is 5.14. The molecule has 6 heteroatoms. The van der Waals surface area contributed by atoms with Crippen LogP contribution in [0.15, 0.2) is 36.5 Å². The van der Waals surface area contributed by atoms with Crippen LogP contribution >= 0.6 is 0 Å². The molecule has 1 unspecified atom stereocenters. The van der Waals surface area contributed by atoms with E-state index in [4.69, 9.17) is 10.5 Å². The number of benzene rings is 1. The van der Waals surface area contributed by atoms with Gasteiger partial charge in [-0.05, 0) is 30.3 Å². The average Bonchev–Trinajstić information content (AvgIpc) is 2.89. The molecule has 2 N–H and O–H groups in total. The van der Waals surface area contributed by atoms with Crippen LogP contribution in [0.1, 0.15) is 6.42 Å². The van der Waals surface area contributed by atoms with Crippen molar-refractivity contribution < 1.29 is 14.3 Å². The Bertz CT molecular complexity index is 582. The molecule has 2 heterocycles. The van der Waals surface area contributed by atoms with Crippen molar-refractivity contribution in [3.05, 3.63) is 36.5 Å². The van der Waals surface area contributed by atoms with Gasteiger partial charge in [0.1, 0.15) is 6.10 Å². The van der Waals surface area contributed by atoms with Gasteiger partial charge in [0.05, 0.1) is 6.54 Å². The highest BCUT2D eigenvalue weighted by molar-refractivity contribution is 5.92. The maximum atomic E-state index is 11.8. The average molecular weight is 287 g/mol. The van der Waals surface area contributed by atoms with Gasteiger partial charge in [-0.3, -0.25) is 9.69 Å². The Morgan fingerprint density at radius 1 is 1.19 bits per heavy atom. The first-order valence-electron chi connectivity index (χ1n) is 6.93. The van der Waals surface area contributed by atoms with Gasteiger partial charge in [-0.2, -0.15) is 0 Å². The number of hydrogen-bond donors (Lipinski definition) is 1. The van der Waals surface area contributed by atoms with E-state index in [0.29, 0.717) is 26.1 Å². The molecule has 1 aromatic rings. The van der Waals surface area contributed by atoms with Crippen LogP contribution in [0.4, 0.5) is 16.2 Å². The van der Waals surface area contributed by atoms with Gasteiger partial charge in [0.2, 0.25) is 0 Å². The van der Waals surface area contributed by atoms with Gasteiger partial charge in [-0.15, -0.1) is 0 Å². The van der Waals surface area contributed by atoms with Crippen LogP contribution in [0.5, 0.6) is 0 Å². The molecule has 1 amide bonds. The summed E-state index contributed by atoms with van der Waals surface area (Å²) in [5.74, 6) is 0.149. The molecule has 2 aliphatic heterocycles. The van der Waals surface area contributed by atoms with Crippen LogP contribution in [0, 0.1) is 0 Å². The predicted molar refractivity (Wildman–Crippen MR) is 79.2 cm³/mol. The van der Waals surface area contributed by atoms with Gasteiger partial charge in [0.25, 0.3) is 0 Å². The number of cyclic esters (lactones) is 1. The van der Waals surface area contributed by atoms with Gasteiger partial charge in [0, 0.05) is 37.1 Å². The van der Waals surface area contributed by atoms with E-state index in [1.165, 1.54) is 0 Å². The Hall–Kier alpha value is -2.34. The number of carbonyl (C=O) groups excluding carboxylic acids is 2. The van der Waals surface area contributed by atoms with Gasteiger partial charge < -0.3 is 15.4 Å². The molecule has 110 valence electrons. The lowest BCUT2D eigenvalue weighted by molar-refractivity contribution is -0.114. The maximum Gasteiger partial charge on any atom is 0.414 e. The van der Waals surface area contributed by atoms with Crippen LogP contribution in [0.25, 0.3) is 0 Å². The van der Waals surface area contributed by atoms with Crippen LogP contribution in [0.2, 0.25) is 0 Å². The van der Waals surface area contributed by atoms with Crippen LogP contribution < -0.4 is 15.5 Å². The molecule has 1 saturated heterocycles. The first-order valence-corrected chi connectivity index (χ1v) is 6.93. The Morgan fingerprint density at radius 3 is 2.48 bits per heavy atom. The van der Waals surface area contributed by atoms with E-state index in [1.54, 1.807) is 17.2 Å². The molecule has 2 aliphatic rings. The van der Waals surface area contributed by atoms with Gasteiger partial charge in [0.15, 0.2) is 5.78 Å². The summed E-state index contributed by atoms with van der Waals surface area (Å²) in [6.07, 6.45) is 3.29. The molecule has 1 fully saturated rings. The highest BCUT2D eigenvalue weighted by Crippen LogP contribution is 2.25. The fraction of sp³-hybridized carbons (Fsp3) is 0.333. The molecular weight excluding hydrogens is 270 g/mol. The summed E-state index contributed by atoms with van der Waals surface area (Å²) >= 11 is 0. The number of amides is 1. The Balaban J connectivity index is 1.74. The molecule has 3 rings (SSSR count). The molecule has 6 nitrogen and oxygen atoms in total. The molecule has 1 atom stereocenters. The predicted octanol–water partition coefficient (Wildman–Crippen LogP) is 1.26. The third-order valence-corrected chi connectivity index (χ3v) is 3.67. The molecule has 0 aromatic heterocycles. The minimum atomic E-state index is -0.360. The summed E-state index contributed by atoms with van der Waals surface area (Å²) in [4.78, 5) is 26.5. The highest BCUT2D eigenvalue weighted by atomic mass is 16.6. The van der Waals surface area contributed by atoms with Crippen LogP contribution in [-0.4, -0.2) is 37.6 Å². The lowest BCUT2D eigenvalue weighted by atomic mass is 10.1. The van der Waals surface area contributed by atoms with Crippen molar-refractivity contribution in [2.24, 2.45) is 5.73 Å². The van der Waals surface area contributed by atoms with E-state index in [9.17, 15) is 9.59 Å². The Labute approximate surface area is 122 Å². The number of rotatable bonds is 3. The number of nitrogens with two attached hydrogens (primary N) is 1. The lowest BCUT2D eigenvalue weighted by Gasteiger charge is -2.23. The summed E-state index contributed by atoms with van der Waals surface area (Å²) in [5, 5.41) is 0. The Morgan fingerprint density at radius 2 is 1.90 bits per heavy atom. The van der Waals surface area contributed by atoms with Crippen molar-refractivity contribution in [2.45, 2.75) is 12.5 Å². The molecule has 0 saturated carbocycles. The Kier molecular flexibility index (Phi) is 3.62. The molecule has 0 spiro atoms. The SMILES string of the molecule is NCC1CN(c2ccc(N3C=CC(=O)CC3)cc2)C(=O)O1. The van der Waals surface area contributed by atoms with Crippen molar-refractivity contribution in [2.75, 3.05) is 29.4 Å². The summed E-state index contributed by atoms with van der Waals surface area (Å²) in [5.41, 5.74) is 7.30. The van der Waals surface area contributed by atoms with Crippen LogP contribution in [-0.2, 0) is 9.53 Å². The minimum absolute atomic E-state index is 0.149. The number of allylic oxidation sites excluding steroid dienone is 1. The fourth-order valence-corrected chi connectivity index (χ4v) is 2.46. The van der Waals surface area contributed by atoms with E-state index in [-0.39, 0.29) is 18.0 Å². The third-order valence-electron chi connectivity index (χ3n) is 3.67. The van der Waals surface area contributed by atoms with Crippen molar-refractivity contribution in [3.63, 3.8) is 0 Å². The molecule has 0 bridgehead atoms. The van der Waals surface area contributed by atoms with E-state index >= 15 is 0 Å². The zero-order valence-electron chi connectivity index (χ0n) is 11.6. The summed E-state index contributed by atoms with van der Waals surface area (Å²) in [7, 11) is 0. The van der Waals surface area contributed by atoms with Gasteiger partial charge >= 0.3 is 6.09 Å². The zero-order chi connectivity index (χ0) is 14.8. The number of ether oxygens (including phenoxy) is 1. The standard InChI is InChI=1S/C15H17N3O3/c16-9-14-10-18(15(20)21-14)12-3-1-11(2-4-12)17-7-5-13(19)6-8-17/h1-5,7,14H,6,8-10,16H2. The van der Waals surface area contributed by atoms with E-state index in [0.717, 1.165) is 11.4 Å². The molecule has 1 aromatic carbocycles. The third kappa shape index (κ3) is 2.75. The number of nitrogens with zero attached hydrogens (tertiary/aromatic N) is 2. The maximum absolute atomic E-state index is 11.8. The quantitative estimate of drug-likeness (QED) is 0.906. The second kappa shape index (κ2) is 5.57. The number of anilines is 2. The smallest absolute Gasteiger partial charge is 0.414 e. The van der Waals surface area contributed by atoms with Crippen LogP contribution in [0.3, 0.4) is 0 Å². The summed E-state index contributed by atoms with van der Waals surface area (Å²) in [6, 6.07) is 7.61.